The zero-order chi connectivity index (χ0) is 11.6. The lowest BCUT2D eigenvalue weighted by molar-refractivity contribution is -0.385. The molecule has 1 aromatic rings. The van der Waals surface area contributed by atoms with E-state index in [1.807, 2.05) is 0 Å². The third-order valence-corrected chi connectivity index (χ3v) is 2.65. The van der Waals surface area contributed by atoms with Gasteiger partial charge in [-0.15, -0.1) is 0 Å². The summed E-state index contributed by atoms with van der Waals surface area (Å²) in [7, 11) is 0. The number of carbonyl (C=O) groups excluding carboxylic acids is 2. The Balaban J connectivity index is 3.50. The van der Waals surface area contributed by atoms with Crippen molar-refractivity contribution in [1.82, 2.24) is 0 Å². The van der Waals surface area contributed by atoms with Crippen molar-refractivity contribution in [3.63, 3.8) is 0 Å². The summed E-state index contributed by atoms with van der Waals surface area (Å²) in [4.78, 5) is 31.8. The topological polar surface area (TPSA) is 77.3 Å². The van der Waals surface area contributed by atoms with Crippen molar-refractivity contribution in [3.8, 4) is 0 Å². The van der Waals surface area contributed by atoms with Crippen LogP contribution in [0.15, 0.2) is 12.1 Å². The second-order valence-electron chi connectivity index (χ2n) is 2.82. The van der Waals surface area contributed by atoms with Gasteiger partial charge in [-0.1, -0.05) is 0 Å². The summed E-state index contributed by atoms with van der Waals surface area (Å²) >= 11 is 1.80. The Kier molecular flexibility index (Phi) is 3.51. The van der Waals surface area contributed by atoms with Crippen LogP contribution < -0.4 is 0 Å². The summed E-state index contributed by atoms with van der Waals surface area (Å²) in [5.41, 5.74) is 0.101. The smallest absolute Gasteiger partial charge is 0.271 e. The molecule has 1 rings (SSSR count). The fraction of sp³-hybridized carbons (Fsp3) is 0.111. The molecule has 1 aromatic carbocycles. The molecule has 15 heavy (non-hydrogen) atoms. The first kappa shape index (κ1) is 11.8. The van der Waals surface area contributed by atoms with E-state index in [1.165, 1.54) is 13.0 Å². The first-order chi connectivity index (χ1) is 6.97. The molecule has 0 atom stereocenters. The Hall–Kier alpha value is -1.31. The zero-order valence-electron chi connectivity index (χ0n) is 7.69. The highest BCUT2D eigenvalue weighted by atomic mass is 127. The lowest BCUT2D eigenvalue weighted by Crippen LogP contribution is -2.03. The van der Waals surface area contributed by atoms with Crippen LogP contribution in [0.4, 0.5) is 5.69 Å². The molecular formula is C9H6INO4. The largest absolute Gasteiger partial charge is 0.298 e. The molecule has 0 aromatic heterocycles. The normalized spacial score (nSPS) is 9.73. The van der Waals surface area contributed by atoms with Crippen LogP contribution in [0.25, 0.3) is 0 Å². The molecule has 0 aliphatic rings. The van der Waals surface area contributed by atoms with Gasteiger partial charge in [-0.25, -0.2) is 0 Å². The number of nitro groups is 1. The molecule has 0 aliphatic heterocycles. The van der Waals surface area contributed by atoms with Crippen molar-refractivity contribution in [2.24, 2.45) is 0 Å². The van der Waals surface area contributed by atoms with Gasteiger partial charge in [0, 0.05) is 26.8 Å². The van der Waals surface area contributed by atoms with Gasteiger partial charge in [-0.05, 0) is 29.5 Å². The highest BCUT2D eigenvalue weighted by Crippen LogP contribution is 2.23. The van der Waals surface area contributed by atoms with Gasteiger partial charge in [0.05, 0.1) is 4.92 Å². The monoisotopic (exact) mass is 319 g/mol. The minimum Gasteiger partial charge on any atom is -0.298 e. The van der Waals surface area contributed by atoms with E-state index in [9.17, 15) is 19.7 Å². The number of aldehydes is 1. The van der Waals surface area contributed by atoms with E-state index in [2.05, 4.69) is 0 Å². The van der Waals surface area contributed by atoms with Crippen LogP contribution in [0, 0.1) is 13.7 Å². The molecule has 0 saturated carbocycles. The summed E-state index contributed by atoms with van der Waals surface area (Å²) in [6.45, 7) is 1.32. The third kappa shape index (κ3) is 2.38. The van der Waals surface area contributed by atoms with Gasteiger partial charge in [0.2, 0.25) is 0 Å². The maximum atomic E-state index is 11.2. The first-order valence-corrected chi connectivity index (χ1v) is 4.99. The minimum atomic E-state index is -0.598. The van der Waals surface area contributed by atoms with Crippen molar-refractivity contribution in [3.05, 3.63) is 36.9 Å². The van der Waals surface area contributed by atoms with Crippen molar-refractivity contribution in [1.29, 1.82) is 0 Å². The van der Waals surface area contributed by atoms with Crippen molar-refractivity contribution < 1.29 is 14.5 Å². The van der Waals surface area contributed by atoms with Crippen LogP contribution in [0.2, 0.25) is 0 Å². The molecule has 0 heterocycles. The average molecular weight is 319 g/mol. The molecule has 0 aliphatic carbocycles. The van der Waals surface area contributed by atoms with E-state index in [-0.39, 0.29) is 22.6 Å². The maximum Gasteiger partial charge on any atom is 0.271 e. The van der Waals surface area contributed by atoms with Crippen molar-refractivity contribution in [2.75, 3.05) is 0 Å². The molecule has 0 spiro atoms. The molecule has 0 saturated heterocycles. The number of benzene rings is 1. The summed E-state index contributed by atoms with van der Waals surface area (Å²) in [5.74, 6) is -0.281. The molecule has 0 unspecified atom stereocenters. The highest BCUT2D eigenvalue weighted by Gasteiger charge is 2.17. The number of nitrogens with zero attached hydrogens (tertiary/aromatic N) is 1. The molecule has 78 valence electrons. The molecule has 6 heteroatoms. The quantitative estimate of drug-likeness (QED) is 0.281. The molecular weight excluding hydrogens is 313 g/mol. The number of rotatable bonds is 3. The van der Waals surface area contributed by atoms with E-state index < -0.39 is 4.92 Å². The summed E-state index contributed by atoms with van der Waals surface area (Å²) in [6, 6.07) is 2.37. The first-order valence-electron chi connectivity index (χ1n) is 3.91. The minimum absolute atomic E-state index is 0.0566. The van der Waals surface area contributed by atoms with Gasteiger partial charge < -0.3 is 0 Å². The Morgan fingerprint density at radius 1 is 1.53 bits per heavy atom. The predicted molar refractivity (Wildman–Crippen MR) is 61.2 cm³/mol. The van der Waals surface area contributed by atoms with Crippen LogP contribution >= 0.6 is 22.6 Å². The Morgan fingerprint density at radius 2 is 2.13 bits per heavy atom. The molecule has 0 fully saturated rings. The number of hydrogen-bond acceptors (Lipinski definition) is 4. The number of non-ortho nitro benzene ring substituents is 1. The number of ketones is 1. The number of hydrogen-bond donors (Lipinski definition) is 0. The Labute approximate surface area is 98.8 Å². The van der Waals surface area contributed by atoms with E-state index in [0.29, 0.717) is 9.86 Å². The van der Waals surface area contributed by atoms with Crippen LogP contribution in [-0.2, 0) is 0 Å². The lowest BCUT2D eigenvalue weighted by atomic mass is 10.0. The number of Topliss-reactive ketones (excluding diaryl/α,β-unsaturated/α-hetero) is 1. The highest BCUT2D eigenvalue weighted by molar-refractivity contribution is 14.1. The number of carbonyl (C=O) groups is 2. The van der Waals surface area contributed by atoms with Gasteiger partial charge in [-0.2, -0.15) is 0 Å². The van der Waals surface area contributed by atoms with Crippen molar-refractivity contribution in [2.45, 2.75) is 6.92 Å². The summed E-state index contributed by atoms with van der Waals surface area (Å²) in [5, 5.41) is 10.5. The Morgan fingerprint density at radius 3 is 2.53 bits per heavy atom. The molecule has 0 bridgehead atoms. The van der Waals surface area contributed by atoms with E-state index in [1.54, 1.807) is 22.6 Å². The Bertz CT molecular complexity index is 456. The van der Waals surface area contributed by atoms with Gasteiger partial charge in [0.25, 0.3) is 5.69 Å². The van der Waals surface area contributed by atoms with Gasteiger partial charge in [-0.3, -0.25) is 19.7 Å². The predicted octanol–water partition coefficient (Wildman–Crippen LogP) is 2.21. The number of nitro benzene ring substituents is 1. The van der Waals surface area contributed by atoms with Gasteiger partial charge in [0.15, 0.2) is 12.1 Å². The van der Waals surface area contributed by atoms with Crippen LogP contribution in [0.5, 0.6) is 0 Å². The van der Waals surface area contributed by atoms with Crippen LogP contribution in [0.3, 0.4) is 0 Å². The van der Waals surface area contributed by atoms with Crippen LogP contribution in [0.1, 0.15) is 27.6 Å². The zero-order valence-corrected chi connectivity index (χ0v) is 9.85. The molecule has 0 radical (unpaired) electrons. The third-order valence-electron chi connectivity index (χ3n) is 1.80. The lowest BCUT2D eigenvalue weighted by Gasteiger charge is -2.03. The second kappa shape index (κ2) is 4.47. The summed E-state index contributed by atoms with van der Waals surface area (Å²) < 4.78 is 0.413. The molecule has 0 N–H and O–H groups in total. The van der Waals surface area contributed by atoms with Gasteiger partial charge >= 0.3 is 0 Å². The van der Waals surface area contributed by atoms with E-state index >= 15 is 0 Å². The van der Waals surface area contributed by atoms with E-state index in [4.69, 9.17) is 0 Å². The SMILES string of the molecule is CC(=O)c1c(I)cc([N+](=O)[O-])cc1C=O. The fourth-order valence-electron chi connectivity index (χ4n) is 1.18. The molecule has 5 nitrogen and oxygen atoms in total. The average Bonchev–Trinajstić information content (AvgIpc) is 2.15. The maximum absolute atomic E-state index is 11.2. The fourth-order valence-corrected chi connectivity index (χ4v) is 2.19. The van der Waals surface area contributed by atoms with E-state index in [0.717, 1.165) is 6.07 Å². The second-order valence-corrected chi connectivity index (χ2v) is 3.99. The number of halogens is 1. The van der Waals surface area contributed by atoms with Crippen LogP contribution in [-0.4, -0.2) is 17.0 Å². The van der Waals surface area contributed by atoms with Gasteiger partial charge in [0.1, 0.15) is 0 Å². The molecule has 0 amide bonds. The standard InChI is InChI=1S/C9H6INO4/c1-5(13)9-6(4-12)2-7(11(14)15)3-8(9)10/h2-4H,1H3. The van der Waals surface area contributed by atoms with Crippen molar-refractivity contribution >= 4 is 40.3 Å². The summed E-state index contributed by atoms with van der Waals surface area (Å²) in [6.07, 6.45) is 0.450.